The van der Waals surface area contributed by atoms with Crippen LogP contribution in [-0.4, -0.2) is 11.5 Å². The first-order valence-corrected chi connectivity index (χ1v) is 6.75. The van der Waals surface area contributed by atoms with Crippen LogP contribution in [0.15, 0.2) is 18.2 Å². The van der Waals surface area contributed by atoms with Gasteiger partial charge in [0.2, 0.25) is 0 Å². The van der Waals surface area contributed by atoms with E-state index in [0.29, 0.717) is 5.92 Å². The summed E-state index contributed by atoms with van der Waals surface area (Å²) in [5.74, 6) is 0.438. The minimum Gasteiger partial charge on any atom is -0.330 e. The van der Waals surface area contributed by atoms with Crippen molar-refractivity contribution < 1.29 is 4.39 Å². The van der Waals surface area contributed by atoms with Crippen molar-refractivity contribution in [2.45, 2.75) is 26.2 Å². The average Bonchev–Trinajstić information content (AvgIpc) is 2.68. The fraction of sp³-hybridized carbons (Fsp3) is 0.462. The number of nitrogens with two attached hydrogens (primary N) is 1. The number of halogens is 1. The number of thiazole rings is 1. The number of hydrogen-bond donors (Lipinski definition) is 1. The molecule has 0 radical (unpaired) electrons. The maximum absolute atomic E-state index is 13.0. The van der Waals surface area contributed by atoms with E-state index in [4.69, 9.17) is 5.73 Å². The third-order valence-corrected chi connectivity index (χ3v) is 3.98. The van der Waals surface area contributed by atoms with Crippen molar-refractivity contribution in [3.63, 3.8) is 0 Å². The molecule has 1 aromatic carbocycles. The smallest absolute Gasteiger partial charge is 0.124 e. The highest BCUT2D eigenvalue weighted by molar-refractivity contribution is 7.18. The standard InChI is InChI=1S/C13H17FN2S/c1-9(6-7-15)2-5-13-16-11-4-3-10(14)8-12(11)17-13/h3-4,8-9H,2,5-7,15H2,1H3. The van der Waals surface area contributed by atoms with Gasteiger partial charge in [0.25, 0.3) is 0 Å². The molecule has 0 aliphatic rings. The first kappa shape index (κ1) is 12.5. The zero-order chi connectivity index (χ0) is 12.3. The van der Waals surface area contributed by atoms with Crippen molar-refractivity contribution >= 4 is 21.6 Å². The van der Waals surface area contributed by atoms with Gasteiger partial charge >= 0.3 is 0 Å². The van der Waals surface area contributed by atoms with Gasteiger partial charge in [-0.1, -0.05) is 6.92 Å². The second kappa shape index (κ2) is 5.56. The van der Waals surface area contributed by atoms with E-state index >= 15 is 0 Å². The molecule has 0 saturated carbocycles. The molecular formula is C13H17FN2S. The van der Waals surface area contributed by atoms with Crippen molar-refractivity contribution in [2.75, 3.05) is 6.54 Å². The summed E-state index contributed by atoms with van der Waals surface area (Å²) in [6, 6.07) is 4.76. The van der Waals surface area contributed by atoms with Crippen LogP contribution in [0.2, 0.25) is 0 Å². The molecule has 2 rings (SSSR count). The van der Waals surface area contributed by atoms with E-state index in [9.17, 15) is 4.39 Å². The zero-order valence-electron chi connectivity index (χ0n) is 9.95. The number of benzene rings is 1. The summed E-state index contributed by atoms with van der Waals surface area (Å²) < 4.78 is 14.0. The van der Waals surface area contributed by atoms with Crippen molar-refractivity contribution in [1.29, 1.82) is 0 Å². The molecular weight excluding hydrogens is 235 g/mol. The summed E-state index contributed by atoms with van der Waals surface area (Å²) in [7, 11) is 0. The summed E-state index contributed by atoms with van der Waals surface area (Å²) in [5.41, 5.74) is 6.42. The highest BCUT2D eigenvalue weighted by atomic mass is 32.1. The van der Waals surface area contributed by atoms with Gasteiger partial charge in [0, 0.05) is 0 Å². The first-order chi connectivity index (χ1) is 8.19. The quantitative estimate of drug-likeness (QED) is 0.886. The highest BCUT2D eigenvalue weighted by Crippen LogP contribution is 2.24. The summed E-state index contributed by atoms with van der Waals surface area (Å²) in [6.07, 6.45) is 3.11. The third kappa shape index (κ3) is 3.23. The largest absolute Gasteiger partial charge is 0.330 e. The van der Waals surface area contributed by atoms with E-state index in [1.54, 1.807) is 23.5 Å². The lowest BCUT2D eigenvalue weighted by molar-refractivity contribution is 0.499. The molecule has 2 N–H and O–H groups in total. The molecule has 1 aromatic heterocycles. The molecule has 0 spiro atoms. The fourth-order valence-corrected chi connectivity index (χ4v) is 2.86. The molecule has 4 heteroatoms. The zero-order valence-corrected chi connectivity index (χ0v) is 10.8. The van der Waals surface area contributed by atoms with Gasteiger partial charge in [0.15, 0.2) is 0 Å². The minimum absolute atomic E-state index is 0.191. The molecule has 2 aromatic rings. The van der Waals surface area contributed by atoms with Gasteiger partial charge in [-0.25, -0.2) is 9.37 Å². The number of rotatable bonds is 5. The Bertz CT molecular complexity index is 495. The second-order valence-electron chi connectivity index (χ2n) is 4.44. The van der Waals surface area contributed by atoms with E-state index in [2.05, 4.69) is 11.9 Å². The van der Waals surface area contributed by atoms with Crippen LogP contribution in [-0.2, 0) is 6.42 Å². The van der Waals surface area contributed by atoms with Gasteiger partial charge in [-0.3, -0.25) is 0 Å². The van der Waals surface area contributed by atoms with Crippen molar-refractivity contribution in [3.8, 4) is 0 Å². The number of fused-ring (bicyclic) bond motifs is 1. The van der Waals surface area contributed by atoms with Gasteiger partial charge in [-0.2, -0.15) is 0 Å². The molecule has 0 saturated heterocycles. The van der Waals surface area contributed by atoms with Gasteiger partial charge in [0.05, 0.1) is 15.2 Å². The van der Waals surface area contributed by atoms with E-state index in [1.807, 2.05) is 0 Å². The predicted octanol–water partition coefficient (Wildman–Crippen LogP) is 3.35. The van der Waals surface area contributed by atoms with Crippen molar-refractivity contribution in [1.82, 2.24) is 4.98 Å². The SMILES string of the molecule is CC(CCN)CCc1nc2ccc(F)cc2s1. The highest BCUT2D eigenvalue weighted by Gasteiger charge is 2.07. The molecule has 1 unspecified atom stereocenters. The van der Waals surface area contributed by atoms with E-state index in [0.717, 1.165) is 41.0 Å². The lowest BCUT2D eigenvalue weighted by atomic mass is 10.0. The van der Waals surface area contributed by atoms with E-state index < -0.39 is 0 Å². The topological polar surface area (TPSA) is 38.9 Å². The van der Waals surface area contributed by atoms with Crippen LogP contribution in [0.1, 0.15) is 24.8 Å². The van der Waals surface area contributed by atoms with Crippen LogP contribution in [0.25, 0.3) is 10.2 Å². The molecule has 92 valence electrons. The lowest BCUT2D eigenvalue weighted by Crippen LogP contribution is -2.06. The average molecular weight is 252 g/mol. The Hall–Kier alpha value is -1.000. The van der Waals surface area contributed by atoms with Crippen LogP contribution < -0.4 is 5.73 Å². The second-order valence-corrected chi connectivity index (χ2v) is 5.56. The fourth-order valence-electron chi connectivity index (χ4n) is 1.85. The van der Waals surface area contributed by atoms with Crippen LogP contribution >= 0.6 is 11.3 Å². The molecule has 17 heavy (non-hydrogen) atoms. The van der Waals surface area contributed by atoms with Gasteiger partial charge in [-0.15, -0.1) is 11.3 Å². The summed E-state index contributed by atoms with van der Waals surface area (Å²) >= 11 is 1.59. The maximum Gasteiger partial charge on any atom is 0.124 e. The van der Waals surface area contributed by atoms with Gasteiger partial charge < -0.3 is 5.73 Å². The monoisotopic (exact) mass is 252 g/mol. The molecule has 0 amide bonds. The molecule has 1 heterocycles. The number of hydrogen-bond acceptors (Lipinski definition) is 3. The van der Waals surface area contributed by atoms with Crippen LogP contribution in [0, 0.1) is 11.7 Å². The number of aryl methyl sites for hydroxylation is 1. The Morgan fingerprint density at radius 1 is 1.41 bits per heavy atom. The van der Waals surface area contributed by atoms with Crippen molar-refractivity contribution in [3.05, 3.63) is 29.0 Å². The Morgan fingerprint density at radius 3 is 3.00 bits per heavy atom. The molecule has 0 fully saturated rings. The lowest BCUT2D eigenvalue weighted by Gasteiger charge is -2.07. The molecule has 0 aliphatic carbocycles. The maximum atomic E-state index is 13.0. The van der Waals surface area contributed by atoms with E-state index in [-0.39, 0.29) is 5.82 Å². The Labute approximate surface area is 105 Å². The summed E-state index contributed by atoms with van der Waals surface area (Å²) in [4.78, 5) is 4.51. The number of aromatic nitrogens is 1. The molecule has 1 atom stereocenters. The van der Waals surface area contributed by atoms with Crippen LogP contribution in [0.4, 0.5) is 4.39 Å². The van der Waals surface area contributed by atoms with Gasteiger partial charge in [0.1, 0.15) is 5.82 Å². The third-order valence-electron chi connectivity index (χ3n) is 2.91. The van der Waals surface area contributed by atoms with Gasteiger partial charge in [-0.05, 0) is 49.9 Å². The minimum atomic E-state index is -0.191. The normalized spacial score (nSPS) is 13.1. The van der Waals surface area contributed by atoms with Crippen LogP contribution in [0.3, 0.4) is 0 Å². The van der Waals surface area contributed by atoms with Crippen LogP contribution in [0.5, 0.6) is 0 Å². The number of nitrogens with zero attached hydrogens (tertiary/aromatic N) is 1. The molecule has 0 aliphatic heterocycles. The Morgan fingerprint density at radius 2 is 2.24 bits per heavy atom. The van der Waals surface area contributed by atoms with Crippen molar-refractivity contribution in [2.24, 2.45) is 11.7 Å². The van der Waals surface area contributed by atoms with E-state index in [1.165, 1.54) is 6.07 Å². The first-order valence-electron chi connectivity index (χ1n) is 5.94. The predicted molar refractivity (Wildman–Crippen MR) is 70.7 cm³/mol. The summed E-state index contributed by atoms with van der Waals surface area (Å²) in [5, 5.41) is 1.09. The molecule has 2 nitrogen and oxygen atoms in total. The summed E-state index contributed by atoms with van der Waals surface area (Å²) in [6.45, 7) is 2.95. The Balaban J connectivity index is 2.04. The Kier molecular flexibility index (Phi) is 4.07. The molecule has 0 bridgehead atoms.